The van der Waals surface area contributed by atoms with Crippen LogP contribution in [-0.4, -0.2) is 29.0 Å². The first-order valence-corrected chi connectivity index (χ1v) is 6.94. The van der Waals surface area contributed by atoms with E-state index in [-0.39, 0.29) is 30.0 Å². The van der Waals surface area contributed by atoms with Crippen LogP contribution in [0.2, 0.25) is 0 Å². The second-order valence-corrected chi connectivity index (χ2v) is 5.94. The predicted octanol–water partition coefficient (Wildman–Crippen LogP) is 2.11. The summed E-state index contributed by atoms with van der Waals surface area (Å²) in [5.74, 6) is -1.27. The fourth-order valence-electron chi connectivity index (χ4n) is 1.82. The molecule has 8 nitrogen and oxygen atoms in total. The minimum atomic E-state index is -0.768. The number of nitrogens with zero attached hydrogens (tertiary/aromatic N) is 1. The van der Waals surface area contributed by atoms with E-state index < -0.39 is 22.4 Å². The molecule has 0 saturated carbocycles. The molecular weight excluding hydrogens is 304 g/mol. The smallest absolute Gasteiger partial charge is 0.309 e. The molecule has 1 amide bonds. The number of amides is 1. The van der Waals surface area contributed by atoms with Crippen molar-refractivity contribution in [1.29, 1.82) is 0 Å². The van der Waals surface area contributed by atoms with Gasteiger partial charge in [-0.2, -0.15) is 0 Å². The van der Waals surface area contributed by atoms with Crippen LogP contribution in [0.4, 0.5) is 5.69 Å². The van der Waals surface area contributed by atoms with E-state index in [0.717, 1.165) is 6.07 Å². The third kappa shape index (κ3) is 5.57. The zero-order valence-corrected chi connectivity index (χ0v) is 13.5. The van der Waals surface area contributed by atoms with E-state index in [4.69, 9.17) is 15.2 Å². The largest absolute Gasteiger partial charge is 0.492 e. The Morgan fingerprint density at radius 2 is 1.91 bits per heavy atom. The fraction of sp³-hybridized carbons (Fsp3) is 0.467. The van der Waals surface area contributed by atoms with Gasteiger partial charge in [-0.25, -0.2) is 0 Å². The molecule has 1 aromatic carbocycles. The van der Waals surface area contributed by atoms with Crippen molar-refractivity contribution in [3.05, 3.63) is 33.4 Å². The summed E-state index contributed by atoms with van der Waals surface area (Å²) in [6, 6.07) is 2.42. The van der Waals surface area contributed by atoms with Crippen LogP contribution in [0.3, 0.4) is 0 Å². The number of rotatable bonds is 6. The quantitative estimate of drug-likeness (QED) is 0.486. The molecule has 0 atom stereocenters. The van der Waals surface area contributed by atoms with Gasteiger partial charge in [-0.1, -0.05) is 0 Å². The number of nitro groups is 1. The van der Waals surface area contributed by atoms with Crippen LogP contribution < -0.4 is 10.5 Å². The van der Waals surface area contributed by atoms with Crippen molar-refractivity contribution in [2.45, 2.75) is 39.7 Å². The number of aryl methyl sites for hydroxylation is 1. The summed E-state index contributed by atoms with van der Waals surface area (Å²) >= 11 is 0. The van der Waals surface area contributed by atoms with Crippen molar-refractivity contribution >= 4 is 17.6 Å². The Hall–Kier alpha value is -2.64. The molecule has 1 rings (SSSR count). The molecule has 23 heavy (non-hydrogen) atoms. The number of carbonyl (C=O) groups is 2. The number of carbonyl (C=O) groups excluding carboxylic acids is 2. The number of hydrogen-bond acceptors (Lipinski definition) is 6. The predicted molar refractivity (Wildman–Crippen MR) is 82.3 cm³/mol. The number of benzene rings is 1. The van der Waals surface area contributed by atoms with Crippen molar-refractivity contribution in [1.82, 2.24) is 0 Å². The number of nitro benzene ring substituents is 1. The van der Waals surface area contributed by atoms with Crippen molar-refractivity contribution in [2.75, 3.05) is 6.61 Å². The summed E-state index contributed by atoms with van der Waals surface area (Å²) in [6.45, 7) is 6.62. The maximum atomic E-state index is 11.6. The first kappa shape index (κ1) is 18.4. The van der Waals surface area contributed by atoms with Crippen molar-refractivity contribution < 1.29 is 24.0 Å². The minimum Gasteiger partial charge on any atom is -0.492 e. The van der Waals surface area contributed by atoms with Gasteiger partial charge in [0, 0.05) is 5.56 Å². The molecule has 0 saturated heterocycles. The van der Waals surface area contributed by atoms with Gasteiger partial charge in [0.1, 0.15) is 11.4 Å². The highest BCUT2D eigenvalue weighted by atomic mass is 16.6. The van der Waals surface area contributed by atoms with Crippen LogP contribution in [0.1, 0.15) is 43.1 Å². The summed E-state index contributed by atoms with van der Waals surface area (Å²) in [6.07, 6.45) is -0.0584. The minimum absolute atomic E-state index is 0.0253. The van der Waals surface area contributed by atoms with Gasteiger partial charge >= 0.3 is 5.97 Å². The van der Waals surface area contributed by atoms with E-state index in [2.05, 4.69) is 0 Å². The number of nitrogens with two attached hydrogens (primary N) is 1. The number of primary amides is 1. The van der Waals surface area contributed by atoms with E-state index in [9.17, 15) is 19.7 Å². The molecule has 0 spiro atoms. The molecule has 0 radical (unpaired) electrons. The highest BCUT2D eigenvalue weighted by Gasteiger charge is 2.20. The zero-order chi connectivity index (χ0) is 17.8. The number of esters is 1. The number of ether oxygens (including phenoxy) is 2. The molecule has 1 aromatic rings. The van der Waals surface area contributed by atoms with Crippen LogP contribution in [-0.2, 0) is 9.53 Å². The maximum Gasteiger partial charge on any atom is 0.309 e. The molecule has 2 N–H and O–H groups in total. The van der Waals surface area contributed by atoms with Crippen LogP contribution >= 0.6 is 0 Å². The SMILES string of the molecule is Cc1cc(C(N)=O)c(OCCC(=O)OC(C)(C)C)cc1[N+](=O)[O-]. The third-order valence-electron chi connectivity index (χ3n) is 2.74. The number of hydrogen-bond donors (Lipinski definition) is 1. The molecule has 0 aliphatic carbocycles. The van der Waals surface area contributed by atoms with Gasteiger partial charge in [0.15, 0.2) is 0 Å². The molecule has 0 aliphatic rings. The Labute approximate surface area is 133 Å². The highest BCUT2D eigenvalue weighted by Crippen LogP contribution is 2.28. The first-order chi connectivity index (χ1) is 10.5. The molecule has 0 bridgehead atoms. The van der Waals surface area contributed by atoms with Crippen molar-refractivity contribution in [3.63, 3.8) is 0 Å². The van der Waals surface area contributed by atoms with Crippen LogP contribution in [0.5, 0.6) is 5.75 Å². The summed E-state index contributed by atoms with van der Waals surface area (Å²) < 4.78 is 10.4. The van der Waals surface area contributed by atoms with E-state index in [1.165, 1.54) is 13.0 Å². The van der Waals surface area contributed by atoms with E-state index in [0.29, 0.717) is 5.56 Å². The molecule has 0 fully saturated rings. The first-order valence-electron chi connectivity index (χ1n) is 6.94. The van der Waals surface area contributed by atoms with Gasteiger partial charge in [0.2, 0.25) is 0 Å². The standard InChI is InChI=1S/C15H20N2O6/c1-9-7-10(14(16)19)12(8-11(9)17(20)21)22-6-5-13(18)23-15(2,3)4/h7-8H,5-6H2,1-4H3,(H2,16,19). The monoisotopic (exact) mass is 324 g/mol. The van der Waals surface area contributed by atoms with Gasteiger partial charge in [-0.15, -0.1) is 0 Å². The average molecular weight is 324 g/mol. The normalized spacial score (nSPS) is 11.0. The Morgan fingerprint density at radius 1 is 1.30 bits per heavy atom. The second kappa shape index (κ2) is 7.08. The van der Waals surface area contributed by atoms with E-state index in [1.807, 2.05) is 0 Å². The molecule has 0 unspecified atom stereocenters. The Kier molecular flexibility index (Phi) is 5.67. The van der Waals surface area contributed by atoms with Crippen LogP contribution in [0, 0.1) is 17.0 Å². The zero-order valence-electron chi connectivity index (χ0n) is 13.5. The second-order valence-electron chi connectivity index (χ2n) is 5.94. The lowest BCUT2D eigenvalue weighted by Gasteiger charge is -2.19. The fourth-order valence-corrected chi connectivity index (χ4v) is 1.82. The lowest BCUT2D eigenvalue weighted by Crippen LogP contribution is -2.25. The maximum absolute atomic E-state index is 11.6. The third-order valence-corrected chi connectivity index (χ3v) is 2.74. The lowest BCUT2D eigenvalue weighted by molar-refractivity contribution is -0.385. The summed E-state index contributed by atoms with van der Waals surface area (Å²) in [7, 11) is 0. The van der Waals surface area contributed by atoms with Crippen molar-refractivity contribution in [3.8, 4) is 5.75 Å². The molecule has 0 aromatic heterocycles. The topological polar surface area (TPSA) is 122 Å². The van der Waals surface area contributed by atoms with E-state index >= 15 is 0 Å². The average Bonchev–Trinajstić information content (AvgIpc) is 2.37. The van der Waals surface area contributed by atoms with Crippen LogP contribution in [0.25, 0.3) is 0 Å². The summed E-state index contributed by atoms with van der Waals surface area (Å²) in [4.78, 5) is 33.4. The van der Waals surface area contributed by atoms with Gasteiger partial charge < -0.3 is 15.2 Å². The Morgan fingerprint density at radius 3 is 2.39 bits per heavy atom. The van der Waals surface area contributed by atoms with Crippen molar-refractivity contribution in [2.24, 2.45) is 5.73 Å². The molecule has 0 aliphatic heterocycles. The molecular formula is C15H20N2O6. The lowest BCUT2D eigenvalue weighted by atomic mass is 10.1. The highest BCUT2D eigenvalue weighted by molar-refractivity contribution is 5.96. The van der Waals surface area contributed by atoms with Gasteiger partial charge in [-0.05, 0) is 33.8 Å². The Bertz CT molecular complexity index is 634. The van der Waals surface area contributed by atoms with Gasteiger partial charge in [0.25, 0.3) is 11.6 Å². The molecule has 126 valence electrons. The summed E-state index contributed by atoms with van der Waals surface area (Å²) in [5.41, 5.74) is 4.76. The van der Waals surface area contributed by atoms with Gasteiger partial charge in [-0.3, -0.25) is 19.7 Å². The molecule has 8 heteroatoms. The Balaban J connectivity index is 2.86. The van der Waals surface area contributed by atoms with E-state index in [1.54, 1.807) is 20.8 Å². The molecule has 0 heterocycles. The summed E-state index contributed by atoms with van der Waals surface area (Å²) in [5, 5.41) is 11.0. The van der Waals surface area contributed by atoms with Crippen LogP contribution in [0.15, 0.2) is 12.1 Å². The van der Waals surface area contributed by atoms with Gasteiger partial charge in [0.05, 0.1) is 29.6 Å².